The number of carbonyl (C=O) groups excluding carboxylic acids is 1. The van der Waals surface area contributed by atoms with E-state index in [4.69, 9.17) is 13.7 Å². The molecule has 0 radical (unpaired) electrons. The number of carboxylic acid groups (broad SMARTS) is 2. The van der Waals surface area contributed by atoms with Crippen LogP contribution in [0.2, 0.25) is 0 Å². The van der Waals surface area contributed by atoms with Crippen LogP contribution in [0.1, 0.15) is 0 Å². The fraction of sp³-hybridized carbons (Fsp3) is 0.250. The molecule has 1 amide bonds. The number of carboxylic acids is 2. The van der Waals surface area contributed by atoms with Gasteiger partial charge >= 0.3 is 34.3 Å². The number of nitrogens with zero attached hydrogens (tertiary/aromatic N) is 1. The van der Waals surface area contributed by atoms with E-state index in [0.29, 0.717) is 5.69 Å². The van der Waals surface area contributed by atoms with E-state index in [1.807, 2.05) is 0 Å². The monoisotopic (exact) mass is 399 g/mol. The van der Waals surface area contributed by atoms with Gasteiger partial charge in [0.15, 0.2) is 0 Å². The Morgan fingerprint density at radius 3 is 1.86 bits per heavy atom. The summed E-state index contributed by atoms with van der Waals surface area (Å²) in [4.78, 5) is 33.7. The van der Waals surface area contributed by atoms with E-state index in [1.54, 1.807) is 0 Å². The zero-order chi connectivity index (χ0) is 17.1. The van der Waals surface area contributed by atoms with Gasteiger partial charge in [0.05, 0.1) is 19.6 Å². The van der Waals surface area contributed by atoms with Crippen molar-refractivity contribution in [3.8, 4) is 0 Å². The second-order valence-corrected chi connectivity index (χ2v) is 3.99. The first-order chi connectivity index (χ1) is 10.4. The summed E-state index contributed by atoms with van der Waals surface area (Å²) in [5, 5.41) is 19.7. The number of halogens is 1. The van der Waals surface area contributed by atoms with Crippen LogP contribution in [-0.4, -0.2) is 52.6 Å². The van der Waals surface area contributed by atoms with E-state index in [1.165, 1.54) is 12.1 Å². The standard InChI is InChI=1S/C12H13FN2O5.O.Tc/c13-8-1-3-9(4-2-8)14-10(16)5-15(6-11(17)18)7-12(19)20;;/h1-4H,5-7H2,(H,14,16)(H,17,18)(H,19,20);;/i;;1+1. The van der Waals surface area contributed by atoms with Crippen molar-refractivity contribution < 1.29 is 51.3 Å². The minimum absolute atomic E-state index is 0.335. The normalized spacial score (nSPS) is 9.55. The zero-order valence-electron chi connectivity index (χ0n) is 11.2. The molecule has 10 heteroatoms. The Morgan fingerprint density at radius 2 is 1.45 bits per heavy atom. The minimum atomic E-state index is -1.24. The van der Waals surface area contributed by atoms with Gasteiger partial charge in [0.2, 0.25) is 5.91 Å². The Bertz CT molecular complexity index is 509. The van der Waals surface area contributed by atoms with Crippen LogP contribution in [0.25, 0.3) is 0 Å². The maximum atomic E-state index is 12.7. The third-order valence-corrected chi connectivity index (χ3v) is 2.21. The molecule has 0 aliphatic heterocycles. The van der Waals surface area contributed by atoms with Crippen LogP contribution in [0.5, 0.6) is 0 Å². The Morgan fingerprint density at radius 1 is 1.00 bits per heavy atom. The van der Waals surface area contributed by atoms with Gasteiger partial charge in [0.25, 0.3) is 0 Å². The van der Waals surface area contributed by atoms with E-state index in [9.17, 15) is 18.8 Å². The van der Waals surface area contributed by atoms with Crippen LogP contribution in [0.3, 0.4) is 0 Å². The first kappa shape index (κ1) is 20.0. The molecular formula is C12H13FN2O6Tc. The number of carbonyl (C=O) groups is 3. The molecule has 0 saturated heterocycles. The quantitative estimate of drug-likeness (QED) is 0.595. The van der Waals surface area contributed by atoms with Gasteiger partial charge in [-0.25, -0.2) is 4.39 Å². The number of hydrogen-bond donors (Lipinski definition) is 3. The fourth-order valence-electron chi connectivity index (χ4n) is 1.49. The van der Waals surface area contributed by atoms with Crippen molar-refractivity contribution in [1.29, 1.82) is 0 Å². The Hall–Kier alpha value is -2.03. The number of aliphatic carboxylic acids is 2. The number of hydrogen-bond acceptors (Lipinski definition) is 5. The van der Waals surface area contributed by atoms with Crippen molar-refractivity contribution in [2.24, 2.45) is 0 Å². The predicted octanol–water partition coefficient (Wildman–Crippen LogP) is 0.114. The van der Waals surface area contributed by atoms with Crippen molar-refractivity contribution in [3.63, 3.8) is 0 Å². The van der Waals surface area contributed by atoms with E-state index in [-0.39, 0.29) is 0 Å². The van der Waals surface area contributed by atoms with Gasteiger partial charge in [-0.15, -0.1) is 0 Å². The number of rotatable bonds is 7. The molecule has 1 aromatic rings. The van der Waals surface area contributed by atoms with Crippen molar-refractivity contribution >= 4 is 23.5 Å². The van der Waals surface area contributed by atoms with Gasteiger partial charge in [-0.05, 0) is 24.3 Å². The topological polar surface area (TPSA) is 124 Å². The summed E-state index contributed by atoms with van der Waals surface area (Å²) in [6.45, 7) is -1.53. The van der Waals surface area contributed by atoms with Crippen molar-refractivity contribution in [2.45, 2.75) is 0 Å². The second-order valence-electron chi connectivity index (χ2n) is 3.99. The molecule has 121 valence electrons. The summed E-state index contributed by atoms with van der Waals surface area (Å²) in [5.74, 6) is -3.51. The molecule has 0 bridgehead atoms. The van der Waals surface area contributed by atoms with Crippen LogP contribution in [0.15, 0.2) is 24.3 Å². The first-order valence-corrected chi connectivity index (χ1v) is 6.49. The van der Waals surface area contributed by atoms with E-state index < -0.39 is 43.3 Å². The van der Waals surface area contributed by atoms with Gasteiger partial charge in [0.1, 0.15) is 5.82 Å². The van der Waals surface area contributed by atoms with Gasteiger partial charge in [0, 0.05) is 5.69 Å². The van der Waals surface area contributed by atoms with Gasteiger partial charge in [-0.1, -0.05) is 0 Å². The van der Waals surface area contributed by atoms with E-state index in [0.717, 1.165) is 35.9 Å². The molecular weight excluding hydrogens is 386 g/mol. The molecule has 0 unspecified atom stereocenters. The molecule has 0 saturated carbocycles. The molecule has 1 rings (SSSR count). The van der Waals surface area contributed by atoms with Crippen molar-refractivity contribution in [3.05, 3.63) is 30.1 Å². The fourth-order valence-corrected chi connectivity index (χ4v) is 1.49. The number of anilines is 1. The average Bonchev–Trinajstić information content (AvgIpc) is 2.42. The SMILES string of the molecule is O=C(O)CN(CC(=O)O)CC(=O)Nc1ccc(F)cc1.[O]=[99Tc]. The van der Waals surface area contributed by atoms with Crippen molar-refractivity contribution in [2.75, 3.05) is 25.0 Å². The Kier molecular flexibility index (Phi) is 9.68. The Labute approximate surface area is 135 Å². The second kappa shape index (κ2) is 10.7. The average molecular weight is 399 g/mol. The molecule has 0 fully saturated rings. The van der Waals surface area contributed by atoms with Crippen LogP contribution < -0.4 is 5.32 Å². The molecule has 22 heavy (non-hydrogen) atoms. The molecule has 0 aliphatic rings. The van der Waals surface area contributed by atoms with Crippen LogP contribution in [0.4, 0.5) is 10.1 Å². The first-order valence-electron chi connectivity index (χ1n) is 5.73. The molecule has 0 atom stereocenters. The summed E-state index contributed by atoms with van der Waals surface area (Å²) in [6.07, 6.45) is 0. The van der Waals surface area contributed by atoms with Gasteiger partial charge in [-0.2, -0.15) is 0 Å². The summed E-state index contributed by atoms with van der Waals surface area (Å²) < 4.78 is 20.9. The number of benzene rings is 1. The van der Waals surface area contributed by atoms with E-state index in [2.05, 4.69) is 5.32 Å². The predicted molar refractivity (Wildman–Crippen MR) is 67.4 cm³/mol. The third kappa shape index (κ3) is 9.01. The van der Waals surface area contributed by atoms with Gasteiger partial charge < -0.3 is 15.5 Å². The summed E-state index contributed by atoms with van der Waals surface area (Å²) in [5.41, 5.74) is 0.335. The molecule has 0 aliphatic carbocycles. The molecule has 8 nitrogen and oxygen atoms in total. The van der Waals surface area contributed by atoms with E-state index >= 15 is 0 Å². The maximum absolute atomic E-state index is 12.7. The summed E-state index contributed by atoms with van der Waals surface area (Å²) >= 11 is 0.900. The molecule has 0 aromatic heterocycles. The molecule has 0 heterocycles. The number of nitrogens with one attached hydrogen (secondary N) is 1. The zero-order valence-corrected chi connectivity index (χ0v) is 13.0. The molecule has 1 aromatic carbocycles. The van der Waals surface area contributed by atoms with Crippen LogP contribution >= 0.6 is 0 Å². The van der Waals surface area contributed by atoms with Gasteiger partial charge in [-0.3, -0.25) is 19.3 Å². The third-order valence-electron chi connectivity index (χ3n) is 2.21. The molecule has 0 spiro atoms. The van der Waals surface area contributed by atoms with Crippen molar-refractivity contribution in [1.82, 2.24) is 4.90 Å². The van der Waals surface area contributed by atoms with Crippen LogP contribution in [0, 0.1) is 5.82 Å². The summed E-state index contributed by atoms with van der Waals surface area (Å²) in [6, 6.07) is 4.99. The number of amides is 1. The Balaban J connectivity index is 0.00000211. The van der Waals surface area contributed by atoms with Crippen LogP contribution in [-0.2, 0) is 36.7 Å². The molecule has 3 N–H and O–H groups in total. The summed E-state index contributed by atoms with van der Waals surface area (Å²) in [7, 11) is 0.